The second kappa shape index (κ2) is 12.3. The molecule has 0 spiro atoms. The number of carbonyl (C=O) groups is 2. The van der Waals surface area contributed by atoms with Crippen molar-refractivity contribution in [3.63, 3.8) is 0 Å². The lowest BCUT2D eigenvalue weighted by Crippen LogP contribution is -2.51. The highest BCUT2D eigenvalue weighted by Gasteiger charge is 2.30. The monoisotopic (exact) mass is 526 g/mol. The topological polar surface area (TPSA) is 58.6 Å². The fraction of sp³-hybridized carbons (Fsp3) is 0.310. The quantitative estimate of drug-likeness (QED) is 0.368. The first-order valence-corrected chi connectivity index (χ1v) is 12.6. The van der Waals surface area contributed by atoms with Crippen molar-refractivity contribution in [2.45, 2.75) is 45.2 Å². The van der Waals surface area contributed by atoms with Crippen molar-refractivity contribution in [2.75, 3.05) is 13.7 Å². The largest absolute Gasteiger partial charge is 0.484 e. The summed E-state index contributed by atoms with van der Waals surface area (Å²) in [6.07, 6.45) is 0.355. The van der Waals surface area contributed by atoms with Crippen molar-refractivity contribution in [3.05, 3.63) is 99.5 Å². The van der Waals surface area contributed by atoms with Crippen LogP contribution in [-0.4, -0.2) is 36.4 Å². The molecule has 0 aliphatic rings. The van der Waals surface area contributed by atoms with Crippen LogP contribution in [-0.2, 0) is 28.0 Å². The number of hydrogen-bond acceptors (Lipinski definition) is 3. The first-order valence-electron chi connectivity index (χ1n) is 11.8. The van der Waals surface area contributed by atoms with E-state index >= 15 is 0 Å². The molecule has 2 amide bonds. The molecule has 3 aromatic rings. The molecule has 0 aliphatic carbocycles. The third kappa shape index (κ3) is 7.49. The lowest BCUT2D eigenvalue weighted by Gasteiger charge is -2.31. The highest BCUT2D eigenvalue weighted by Crippen LogP contribution is 2.26. The molecule has 0 aromatic heterocycles. The van der Waals surface area contributed by atoms with Crippen molar-refractivity contribution in [1.29, 1.82) is 0 Å². The average molecular weight is 527 g/mol. The Morgan fingerprint density at radius 3 is 2.17 bits per heavy atom. The molecule has 1 N–H and O–H groups in total. The van der Waals surface area contributed by atoms with Crippen molar-refractivity contribution < 1.29 is 14.3 Å². The maximum absolute atomic E-state index is 13.5. The third-order valence-corrected chi connectivity index (χ3v) is 6.68. The number of amides is 2. The van der Waals surface area contributed by atoms with Gasteiger partial charge in [-0.2, -0.15) is 0 Å². The summed E-state index contributed by atoms with van der Waals surface area (Å²) >= 11 is 12.3. The molecule has 3 rings (SSSR count). The van der Waals surface area contributed by atoms with Crippen LogP contribution in [0.2, 0.25) is 10.0 Å². The van der Waals surface area contributed by atoms with Gasteiger partial charge in [0.05, 0.1) is 10.0 Å². The molecule has 1 atom stereocenters. The Morgan fingerprint density at radius 2 is 1.58 bits per heavy atom. The SMILES string of the molecule is CNC(=O)[C@H](Cc1ccccc1)N(Cc1ccc(Cl)c(Cl)c1)C(=O)COc1ccc(C(C)(C)C)cc1. The molecule has 0 radical (unpaired) electrons. The van der Waals surface area contributed by atoms with Gasteiger partial charge in [-0.05, 0) is 46.4 Å². The summed E-state index contributed by atoms with van der Waals surface area (Å²) < 4.78 is 5.84. The molecule has 0 saturated heterocycles. The zero-order valence-electron chi connectivity index (χ0n) is 21.1. The number of halogens is 2. The lowest BCUT2D eigenvalue weighted by atomic mass is 9.87. The van der Waals surface area contributed by atoms with Crippen molar-refractivity contribution in [1.82, 2.24) is 10.2 Å². The summed E-state index contributed by atoms with van der Waals surface area (Å²) in [6, 6.07) is 21.8. The molecule has 7 heteroatoms. The van der Waals surface area contributed by atoms with Gasteiger partial charge in [0.2, 0.25) is 5.91 Å². The fourth-order valence-corrected chi connectivity index (χ4v) is 4.16. The number of hydrogen-bond donors (Lipinski definition) is 1. The van der Waals surface area contributed by atoms with Gasteiger partial charge < -0.3 is 15.0 Å². The first-order chi connectivity index (χ1) is 17.1. The van der Waals surface area contributed by atoms with E-state index in [1.54, 1.807) is 25.2 Å². The Labute approximate surface area is 223 Å². The Balaban J connectivity index is 1.86. The molecule has 3 aromatic carbocycles. The van der Waals surface area contributed by atoms with Crippen molar-refractivity contribution >= 4 is 35.0 Å². The summed E-state index contributed by atoms with van der Waals surface area (Å²) in [7, 11) is 1.56. The molecule has 5 nitrogen and oxygen atoms in total. The number of benzene rings is 3. The highest BCUT2D eigenvalue weighted by molar-refractivity contribution is 6.42. The van der Waals surface area contributed by atoms with Crippen molar-refractivity contribution in [3.8, 4) is 5.75 Å². The van der Waals surface area contributed by atoms with E-state index in [0.717, 1.165) is 11.1 Å². The Hall–Kier alpha value is -3.02. The predicted molar refractivity (Wildman–Crippen MR) is 146 cm³/mol. The Bertz CT molecular complexity index is 1180. The van der Waals surface area contributed by atoms with E-state index in [4.69, 9.17) is 27.9 Å². The average Bonchev–Trinajstić information content (AvgIpc) is 2.86. The van der Waals surface area contributed by atoms with Crippen LogP contribution >= 0.6 is 23.2 Å². The van der Waals surface area contributed by atoms with E-state index in [1.807, 2.05) is 54.6 Å². The number of nitrogens with zero attached hydrogens (tertiary/aromatic N) is 1. The van der Waals surface area contributed by atoms with E-state index < -0.39 is 6.04 Å². The summed E-state index contributed by atoms with van der Waals surface area (Å²) in [4.78, 5) is 28.0. The minimum Gasteiger partial charge on any atom is -0.484 e. The van der Waals surface area contributed by atoms with Crippen LogP contribution in [0.3, 0.4) is 0 Å². The van der Waals surface area contributed by atoms with Gasteiger partial charge in [-0.1, -0.05) is 92.5 Å². The number of nitrogens with one attached hydrogen (secondary N) is 1. The van der Waals surface area contributed by atoms with Gasteiger partial charge in [-0.3, -0.25) is 9.59 Å². The summed E-state index contributed by atoms with van der Waals surface area (Å²) in [5, 5.41) is 3.51. The van der Waals surface area contributed by atoms with Crippen LogP contribution in [0.25, 0.3) is 0 Å². The molecule has 190 valence electrons. The molecule has 0 bridgehead atoms. The standard InChI is InChI=1S/C29H32Cl2N2O3/c1-29(2,3)22-11-13-23(14-12-22)36-19-27(34)33(18-21-10-15-24(30)25(31)16-21)26(28(35)32-4)17-20-8-6-5-7-9-20/h5-16,26H,17-19H2,1-4H3,(H,32,35)/t26-/m0/s1. The summed E-state index contributed by atoms with van der Waals surface area (Å²) in [6.45, 7) is 6.38. The van der Waals surface area contributed by atoms with Crippen LogP contribution < -0.4 is 10.1 Å². The molecular weight excluding hydrogens is 495 g/mol. The molecule has 36 heavy (non-hydrogen) atoms. The van der Waals surface area contributed by atoms with Crippen LogP contribution in [0.15, 0.2) is 72.8 Å². The molecular formula is C29H32Cl2N2O3. The summed E-state index contributed by atoms with van der Waals surface area (Å²) in [5.41, 5.74) is 2.89. The Kier molecular flexibility index (Phi) is 9.41. The second-order valence-corrected chi connectivity index (χ2v) is 10.5. The molecule has 0 saturated carbocycles. The maximum atomic E-state index is 13.5. The molecule has 0 aliphatic heterocycles. The minimum atomic E-state index is -0.744. The number of carbonyl (C=O) groups excluding carboxylic acids is 2. The molecule has 0 heterocycles. The van der Waals surface area contributed by atoms with E-state index in [0.29, 0.717) is 22.2 Å². The van der Waals surface area contributed by atoms with E-state index in [9.17, 15) is 9.59 Å². The lowest BCUT2D eigenvalue weighted by molar-refractivity contribution is -0.142. The van der Waals surface area contributed by atoms with Crippen LogP contribution in [0, 0.1) is 0 Å². The van der Waals surface area contributed by atoms with Crippen LogP contribution in [0.5, 0.6) is 5.75 Å². The predicted octanol–water partition coefficient (Wildman–Crippen LogP) is 6.06. The zero-order chi connectivity index (χ0) is 26.3. The molecule has 0 fully saturated rings. The molecule has 0 unspecified atom stereocenters. The number of likely N-dealkylation sites (N-methyl/N-ethyl adjacent to an activating group) is 1. The van der Waals surface area contributed by atoms with E-state index in [1.165, 1.54) is 10.5 Å². The van der Waals surface area contributed by atoms with Crippen LogP contribution in [0.1, 0.15) is 37.5 Å². The van der Waals surface area contributed by atoms with Gasteiger partial charge in [-0.15, -0.1) is 0 Å². The zero-order valence-corrected chi connectivity index (χ0v) is 22.6. The minimum absolute atomic E-state index is 0.0170. The summed E-state index contributed by atoms with van der Waals surface area (Å²) in [5.74, 6) is 0.0117. The number of rotatable bonds is 9. The third-order valence-electron chi connectivity index (χ3n) is 5.94. The normalized spacial score (nSPS) is 12.1. The van der Waals surface area contributed by atoms with E-state index in [2.05, 4.69) is 26.1 Å². The first kappa shape index (κ1) is 27.6. The van der Waals surface area contributed by atoms with E-state index in [-0.39, 0.29) is 30.4 Å². The highest BCUT2D eigenvalue weighted by atomic mass is 35.5. The van der Waals surface area contributed by atoms with Gasteiger partial charge in [0.1, 0.15) is 11.8 Å². The van der Waals surface area contributed by atoms with Gasteiger partial charge in [0.25, 0.3) is 5.91 Å². The van der Waals surface area contributed by atoms with Gasteiger partial charge >= 0.3 is 0 Å². The smallest absolute Gasteiger partial charge is 0.261 e. The maximum Gasteiger partial charge on any atom is 0.261 e. The Morgan fingerprint density at radius 1 is 0.917 bits per heavy atom. The van der Waals surface area contributed by atoms with Gasteiger partial charge in [0.15, 0.2) is 6.61 Å². The van der Waals surface area contributed by atoms with Gasteiger partial charge in [0, 0.05) is 20.0 Å². The van der Waals surface area contributed by atoms with Gasteiger partial charge in [-0.25, -0.2) is 0 Å². The van der Waals surface area contributed by atoms with Crippen LogP contribution in [0.4, 0.5) is 0 Å². The fourth-order valence-electron chi connectivity index (χ4n) is 3.83. The second-order valence-electron chi connectivity index (χ2n) is 9.65. The van der Waals surface area contributed by atoms with Crippen molar-refractivity contribution in [2.24, 2.45) is 0 Å². The number of ether oxygens (including phenoxy) is 1.